The Labute approximate surface area is 89.0 Å². The Morgan fingerprint density at radius 1 is 1.36 bits per heavy atom. The summed E-state index contributed by atoms with van der Waals surface area (Å²) in [7, 11) is 1.94. The van der Waals surface area contributed by atoms with Crippen LogP contribution < -0.4 is 0 Å². The van der Waals surface area contributed by atoms with E-state index in [0.29, 0.717) is 0 Å². The molecule has 0 aliphatic carbocycles. The number of aryl methyl sites for hydroxylation is 2. The van der Waals surface area contributed by atoms with Gasteiger partial charge in [-0.1, -0.05) is 23.8 Å². The van der Waals surface area contributed by atoms with Crippen molar-refractivity contribution in [2.75, 3.05) is 0 Å². The third kappa shape index (κ3) is 1.68. The van der Waals surface area contributed by atoms with Gasteiger partial charge in [0.1, 0.15) is 0 Å². The predicted molar refractivity (Wildman–Crippen MR) is 60.6 cm³/mol. The van der Waals surface area contributed by atoms with Crippen LogP contribution in [0.3, 0.4) is 0 Å². The maximum Gasteiger partial charge on any atom is 0.165 e. The molecule has 2 aromatic rings. The van der Waals surface area contributed by atoms with Crippen LogP contribution in [-0.2, 0) is 7.05 Å². The highest BCUT2D eigenvalue weighted by atomic mass is 32.1. The van der Waals surface area contributed by atoms with Crippen LogP contribution in [-0.4, -0.2) is 9.55 Å². The van der Waals surface area contributed by atoms with Gasteiger partial charge in [0.15, 0.2) is 5.16 Å². The number of imidazole rings is 1. The molecular formula is C11H12N2S. The van der Waals surface area contributed by atoms with Gasteiger partial charge in [0, 0.05) is 18.8 Å². The minimum absolute atomic E-state index is 0.738. The molecule has 0 saturated heterocycles. The van der Waals surface area contributed by atoms with Crippen LogP contribution in [0.5, 0.6) is 0 Å². The van der Waals surface area contributed by atoms with Gasteiger partial charge in [0.2, 0.25) is 0 Å². The fourth-order valence-electron chi connectivity index (χ4n) is 1.40. The third-order valence-corrected chi connectivity index (χ3v) is 2.58. The van der Waals surface area contributed by atoms with Gasteiger partial charge < -0.3 is 4.57 Å². The van der Waals surface area contributed by atoms with Crippen LogP contribution in [0.2, 0.25) is 0 Å². The standard InChI is InChI=1S/C11H12N2S/c1-8-4-3-5-9(6-8)10-7-13(2)11(14)12-10/h3-7H,1-2H3,(H,12,14). The van der Waals surface area contributed by atoms with Crippen molar-refractivity contribution in [2.24, 2.45) is 7.05 Å². The number of hydrogen-bond acceptors (Lipinski definition) is 2. The molecule has 0 spiro atoms. The maximum atomic E-state index is 4.35. The van der Waals surface area contributed by atoms with Crippen LogP contribution in [0.15, 0.2) is 35.6 Å². The van der Waals surface area contributed by atoms with Crippen LogP contribution in [0.25, 0.3) is 11.3 Å². The topological polar surface area (TPSA) is 17.8 Å². The summed E-state index contributed by atoms with van der Waals surface area (Å²) in [6.07, 6.45) is 1.98. The molecule has 0 aliphatic rings. The molecule has 2 nitrogen and oxygen atoms in total. The van der Waals surface area contributed by atoms with Crippen molar-refractivity contribution < 1.29 is 0 Å². The highest BCUT2D eigenvalue weighted by Crippen LogP contribution is 2.20. The van der Waals surface area contributed by atoms with Gasteiger partial charge in [-0.15, -0.1) is 12.6 Å². The van der Waals surface area contributed by atoms with E-state index in [1.54, 1.807) is 0 Å². The molecule has 0 aliphatic heterocycles. The molecule has 0 unspecified atom stereocenters. The van der Waals surface area contributed by atoms with E-state index in [0.717, 1.165) is 16.4 Å². The minimum atomic E-state index is 0.738. The summed E-state index contributed by atoms with van der Waals surface area (Å²) in [6.45, 7) is 2.08. The summed E-state index contributed by atoms with van der Waals surface area (Å²) in [6, 6.07) is 8.30. The highest BCUT2D eigenvalue weighted by Gasteiger charge is 2.03. The van der Waals surface area contributed by atoms with Crippen LogP contribution in [0.4, 0.5) is 0 Å². The molecule has 0 radical (unpaired) electrons. The van der Waals surface area contributed by atoms with Gasteiger partial charge in [0.25, 0.3) is 0 Å². The molecule has 1 aromatic carbocycles. The Hall–Kier alpha value is -1.22. The lowest BCUT2D eigenvalue weighted by Crippen LogP contribution is -1.83. The number of hydrogen-bond donors (Lipinski definition) is 1. The van der Waals surface area contributed by atoms with Crippen molar-refractivity contribution in [1.82, 2.24) is 9.55 Å². The lowest BCUT2D eigenvalue weighted by Gasteiger charge is -1.97. The van der Waals surface area contributed by atoms with Gasteiger partial charge in [-0.3, -0.25) is 0 Å². The smallest absolute Gasteiger partial charge is 0.165 e. The van der Waals surface area contributed by atoms with Crippen LogP contribution in [0.1, 0.15) is 5.56 Å². The van der Waals surface area contributed by atoms with Gasteiger partial charge in [-0.2, -0.15) is 0 Å². The molecule has 1 aromatic heterocycles. The summed E-state index contributed by atoms with van der Waals surface area (Å²) in [5.41, 5.74) is 3.36. The molecule has 0 N–H and O–H groups in total. The maximum absolute atomic E-state index is 4.35. The first-order chi connectivity index (χ1) is 6.66. The second-order valence-corrected chi connectivity index (χ2v) is 3.81. The summed E-state index contributed by atoms with van der Waals surface area (Å²) in [4.78, 5) is 4.35. The number of benzene rings is 1. The minimum Gasteiger partial charge on any atom is -0.329 e. The fraction of sp³-hybridized carbons (Fsp3) is 0.182. The van der Waals surface area contributed by atoms with Crippen molar-refractivity contribution >= 4 is 12.6 Å². The average molecular weight is 204 g/mol. The average Bonchev–Trinajstić information content (AvgIpc) is 2.47. The van der Waals surface area contributed by atoms with E-state index in [1.165, 1.54) is 5.56 Å². The zero-order chi connectivity index (χ0) is 10.1. The van der Waals surface area contributed by atoms with Crippen LogP contribution >= 0.6 is 12.6 Å². The molecule has 72 valence electrons. The molecule has 0 bridgehead atoms. The Balaban J connectivity index is 2.49. The Morgan fingerprint density at radius 3 is 2.71 bits per heavy atom. The SMILES string of the molecule is Cc1cccc(-c2cn(C)c(S)n2)c1. The van der Waals surface area contributed by atoms with Gasteiger partial charge >= 0.3 is 0 Å². The molecule has 3 heteroatoms. The Kier molecular flexibility index (Phi) is 2.33. The molecule has 0 fully saturated rings. The Morgan fingerprint density at radius 2 is 2.14 bits per heavy atom. The normalized spacial score (nSPS) is 10.5. The van der Waals surface area contributed by atoms with Crippen LogP contribution in [0, 0.1) is 6.92 Å². The van der Waals surface area contributed by atoms with Crippen molar-refractivity contribution in [3.63, 3.8) is 0 Å². The van der Waals surface area contributed by atoms with E-state index in [2.05, 4.69) is 42.7 Å². The van der Waals surface area contributed by atoms with E-state index in [4.69, 9.17) is 0 Å². The summed E-state index contributed by atoms with van der Waals surface area (Å²) >= 11 is 4.25. The van der Waals surface area contributed by atoms with Gasteiger partial charge in [-0.05, 0) is 13.0 Å². The molecule has 0 amide bonds. The number of thiol groups is 1. The predicted octanol–water partition coefficient (Wildman–Crippen LogP) is 2.68. The second-order valence-electron chi connectivity index (χ2n) is 3.41. The summed E-state index contributed by atoms with van der Waals surface area (Å²) < 4.78 is 1.90. The molecule has 2 rings (SSSR count). The molecular weight excluding hydrogens is 192 g/mol. The quantitative estimate of drug-likeness (QED) is 0.707. The van der Waals surface area contributed by atoms with Crippen molar-refractivity contribution in [3.05, 3.63) is 36.0 Å². The van der Waals surface area contributed by atoms with E-state index in [9.17, 15) is 0 Å². The zero-order valence-electron chi connectivity index (χ0n) is 8.23. The van der Waals surface area contributed by atoms with Crippen molar-refractivity contribution in [2.45, 2.75) is 12.1 Å². The molecule has 0 atom stereocenters. The largest absolute Gasteiger partial charge is 0.329 e. The zero-order valence-corrected chi connectivity index (χ0v) is 9.12. The van der Waals surface area contributed by atoms with E-state index < -0.39 is 0 Å². The van der Waals surface area contributed by atoms with Crippen molar-refractivity contribution in [3.8, 4) is 11.3 Å². The number of aromatic nitrogens is 2. The van der Waals surface area contributed by atoms with E-state index in [-0.39, 0.29) is 0 Å². The third-order valence-electron chi connectivity index (χ3n) is 2.17. The summed E-state index contributed by atoms with van der Waals surface area (Å²) in [5.74, 6) is 0. The first kappa shape index (κ1) is 9.34. The fourth-order valence-corrected chi connectivity index (χ4v) is 1.57. The van der Waals surface area contributed by atoms with E-state index in [1.807, 2.05) is 23.9 Å². The van der Waals surface area contributed by atoms with Crippen molar-refractivity contribution in [1.29, 1.82) is 0 Å². The van der Waals surface area contributed by atoms with Gasteiger partial charge in [0.05, 0.1) is 5.69 Å². The molecule has 1 heterocycles. The first-order valence-electron chi connectivity index (χ1n) is 4.46. The van der Waals surface area contributed by atoms with Gasteiger partial charge in [-0.25, -0.2) is 4.98 Å². The first-order valence-corrected chi connectivity index (χ1v) is 4.91. The lowest BCUT2D eigenvalue weighted by atomic mass is 10.1. The monoisotopic (exact) mass is 204 g/mol. The lowest BCUT2D eigenvalue weighted by molar-refractivity contribution is 0.794. The molecule has 14 heavy (non-hydrogen) atoms. The number of rotatable bonds is 1. The van der Waals surface area contributed by atoms with E-state index >= 15 is 0 Å². The second kappa shape index (κ2) is 3.50. The number of nitrogens with zero attached hydrogens (tertiary/aromatic N) is 2. The molecule has 0 saturated carbocycles. The highest BCUT2D eigenvalue weighted by molar-refractivity contribution is 7.80. The summed E-state index contributed by atoms with van der Waals surface area (Å²) in [5, 5.41) is 0.738. The Bertz CT molecular complexity index is 441.